The number of thiocarbonyl (C=S) groups is 1. The topological polar surface area (TPSA) is 75.5 Å². The van der Waals surface area contributed by atoms with E-state index in [4.69, 9.17) is 23.8 Å². The van der Waals surface area contributed by atoms with Crippen LogP contribution in [0.1, 0.15) is 12.8 Å². The van der Waals surface area contributed by atoms with Crippen molar-refractivity contribution in [1.29, 1.82) is 0 Å². The van der Waals surface area contributed by atoms with E-state index in [-0.39, 0.29) is 17.1 Å². The Morgan fingerprint density at radius 3 is 2.50 bits per heavy atom. The number of hydrogen-bond acceptors (Lipinski definition) is 4. The minimum atomic E-state index is -0.108. The molecule has 0 amide bonds. The van der Waals surface area contributed by atoms with Gasteiger partial charge in [-0.25, -0.2) is 5.84 Å². The van der Waals surface area contributed by atoms with Crippen molar-refractivity contribution < 1.29 is 5.11 Å². The Bertz CT molecular complexity index is 207. The summed E-state index contributed by atoms with van der Waals surface area (Å²) < 4.78 is 0. The molecular formula is C8H17N3OS2. The molecule has 0 saturated carbocycles. The number of rotatable bonds is 3. The van der Waals surface area contributed by atoms with Gasteiger partial charge in [-0.2, -0.15) is 11.8 Å². The number of thioether (sulfide) groups is 1. The number of nitrogens with two attached hydrogens (primary N) is 2. The van der Waals surface area contributed by atoms with E-state index in [0.29, 0.717) is 6.54 Å². The van der Waals surface area contributed by atoms with Crippen molar-refractivity contribution >= 4 is 29.1 Å². The van der Waals surface area contributed by atoms with Crippen molar-refractivity contribution in [3.63, 3.8) is 0 Å². The van der Waals surface area contributed by atoms with Crippen LogP contribution in [0.3, 0.4) is 0 Å². The second kappa shape index (κ2) is 5.16. The average Bonchev–Trinajstić information content (AvgIpc) is 2.19. The van der Waals surface area contributed by atoms with Crippen LogP contribution in [0.15, 0.2) is 0 Å². The van der Waals surface area contributed by atoms with Crippen molar-refractivity contribution in [3.05, 3.63) is 0 Å². The van der Waals surface area contributed by atoms with Crippen molar-refractivity contribution in [3.8, 4) is 0 Å². The zero-order valence-electron chi connectivity index (χ0n) is 8.11. The number of nitrogens with zero attached hydrogens (tertiary/aromatic N) is 1. The molecule has 0 aromatic carbocycles. The molecule has 1 fully saturated rings. The van der Waals surface area contributed by atoms with Crippen LogP contribution in [0.2, 0.25) is 0 Å². The van der Waals surface area contributed by atoms with E-state index in [9.17, 15) is 5.11 Å². The molecule has 1 saturated heterocycles. The quantitative estimate of drug-likeness (QED) is 0.361. The first kappa shape index (κ1) is 12.0. The van der Waals surface area contributed by atoms with Crippen LogP contribution in [-0.2, 0) is 0 Å². The first-order valence-electron chi connectivity index (χ1n) is 4.60. The molecule has 1 rings (SSSR count). The van der Waals surface area contributed by atoms with Crippen LogP contribution in [0.25, 0.3) is 0 Å². The molecule has 1 heterocycles. The van der Waals surface area contributed by atoms with Gasteiger partial charge in [-0.3, -0.25) is 5.01 Å². The van der Waals surface area contributed by atoms with E-state index >= 15 is 0 Å². The van der Waals surface area contributed by atoms with Crippen LogP contribution < -0.4 is 11.6 Å². The first-order chi connectivity index (χ1) is 6.59. The van der Waals surface area contributed by atoms with Gasteiger partial charge in [0.05, 0.1) is 6.61 Å². The van der Waals surface area contributed by atoms with Crippen LogP contribution in [-0.4, -0.2) is 39.9 Å². The standard InChI is InChI=1S/C8H17N3OS2/c9-7(13)11(10)5-8(6-12)1-3-14-4-2-8/h12H,1-6,10H2,(H2,9,13). The van der Waals surface area contributed by atoms with Gasteiger partial charge in [-0.15, -0.1) is 0 Å². The number of aliphatic hydroxyl groups is 1. The predicted molar refractivity (Wildman–Crippen MR) is 63.8 cm³/mol. The Morgan fingerprint density at radius 1 is 1.50 bits per heavy atom. The fourth-order valence-corrected chi connectivity index (χ4v) is 3.03. The monoisotopic (exact) mass is 235 g/mol. The van der Waals surface area contributed by atoms with Crippen LogP contribution in [0.5, 0.6) is 0 Å². The minimum absolute atomic E-state index is 0.108. The molecule has 1 aliphatic heterocycles. The summed E-state index contributed by atoms with van der Waals surface area (Å²) in [4.78, 5) is 0. The second-order valence-corrected chi connectivity index (χ2v) is 5.38. The Morgan fingerprint density at radius 2 is 2.07 bits per heavy atom. The van der Waals surface area contributed by atoms with Gasteiger partial charge >= 0.3 is 0 Å². The number of hydrazine groups is 1. The highest BCUT2D eigenvalue weighted by atomic mass is 32.2. The van der Waals surface area contributed by atoms with E-state index in [1.807, 2.05) is 11.8 Å². The number of aliphatic hydroxyl groups excluding tert-OH is 1. The van der Waals surface area contributed by atoms with Crippen molar-refractivity contribution in [2.45, 2.75) is 12.8 Å². The van der Waals surface area contributed by atoms with Crippen molar-refractivity contribution in [1.82, 2.24) is 5.01 Å². The summed E-state index contributed by atoms with van der Waals surface area (Å²) in [7, 11) is 0. The lowest BCUT2D eigenvalue weighted by molar-refractivity contribution is 0.0886. The molecule has 0 spiro atoms. The van der Waals surface area contributed by atoms with Crippen LogP contribution in [0, 0.1) is 5.41 Å². The normalized spacial score (nSPS) is 20.4. The molecule has 0 radical (unpaired) electrons. The lowest BCUT2D eigenvalue weighted by Crippen LogP contribution is -2.50. The fraction of sp³-hybridized carbons (Fsp3) is 0.875. The third kappa shape index (κ3) is 2.98. The summed E-state index contributed by atoms with van der Waals surface area (Å²) in [5.41, 5.74) is 5.30. The maximum atomic E-state index is 9.40. The molecule has 0 bridgehead atoms. The zero-order valence-corrected chi connectivity index (χ0v) is 9.74. The van der Waals surface area contributed by atoms with Gasteiger partial charge in [0, 0.05) is 12.0 Å². The molecule has 14 heavy (non-hydrogen) atoms. The molecule has 0 atom stereocenters. The Labute approximate surface area is 94.0 Å². The largest absolute Gasteiger partial charge is 0.396 e. The molecule has 0 aliphatic carbocycles. The third-order valence-corrected chi connectivity index (χ3v) is 3.90. The number of hydrogen-bond donors (Lipinski definition) is 3. The van der Waals surface area contributed by atoms with E-state index in [1.54, 1.807) is 0 Å². The minimum Gasteiger partial charge on any atom is -0.396 e. The Hall–Kier alpha value is -0.0400. The molecule has 82 valence electrons. The van der Waals surface area contributed by atoms with E-state index < -0.39 is 0 Å². The van der Waals surface area contributed by atoms with Gasteiger partial charge in [0.2, 0.25) is 0 Å². The Balaban J connectivity index is 2.55. The zero-order chi connectivity index (χ0) is 10.6. The SMILES string of the molecule is NC(=S)N(N)CC1(CO)CCSCC1. The fourth-order valence-electron chi connectivity index (χ4n) is 1.61. The molecule has 0 unspecified atom stereocenters. The molecule has 4 nitrogen and oxygen atoms in total. The van der Waals surface area contributed by atoms with E-state index in [1.165, 1.54) is 5.01 Å². The summed E-state index contributed by atoms with van der Waals surface area (Å²) in [6, 6.07) is 0. The maximum absolute atomic E-state index is 9.40. The van der Waals surface area contributed by atoms with Gasteiger partial charge in [0.1, 0.15) is 0 Å². The first-order valence-corrected chi connectivity index (χ1v) is 6.16. The summed E-state index contributed by atoms with van der Waals surface area (Å²) in [5.74, 6) is 7.81. The molecule has 0 aromatic heterocycles. The van der Waals surface area contributed by atoms with Crippen molar-refractivity contribution in [2.24, 2.45) is 17.0 Å². The average molecular weight is 235 g/mol. The highest BCUT2D eigenvalue weighted by Crippen LogP contribution is 2.34. The summed E-state index contributed by atoms with van der Waals surface area (Å²) in [6.07, 6.45) is 1.95. The van der Waals surface area contributed by atoms with Gasteiger partial charge in [-0.1, -0.05) is 0 Å². The summed E-state index contributed by atoms with van der Waals surface area (Å²) in [5, 5.41) is 11.0. The van der Waals surface area contributed by atoms with Gasteiger partial charge < -0.3 is 10.8 Å². The molecule has 5 N–H and O–H groups in total. The molecule has 6 heteroatoms. The van der Waals surface area contributed by atoms with Crippen LogP contribution in [0.4, 0.5) is 0 Å². The highest BCUT2D eigenvalue weighted by Gasteiger charge is 2.33. The molecular weight excluding hydrogens is 218 g/mol. The smallest absolute Gasteiger partial charge is 0.180 e. The van der Waals surface area contributed by atoms with Gasteiger partial charge in [0.15, 0.2) is 5.11 Å². The molecule has 1 aliphatic rings. The summed E-state index contributed by atoms with van der Waals surface area (Å²) >= 11 is 6.69. The Kier molecular flexibility index (Phi) is 4.43. The van der Waals surface area contributed by atoms with E-state index in [2.05, 4.69) is 0 Å². The molecule has 0 aromatic rings. The predicted octanol–water partition coefficient (Wildman–Crippen LogP) is -0.0886. The lowest BCUT2D eigenvalue weighted by atomic mass is 9.82. The van der Waals surface area contributed by atoms with Crippen LogP contribution >= 0.6 is 24.0 Å². The third-order valence-electron chi connectivity index (χ3n) is 2.68. The van der Waals surface area contributed by atoms with Gasteiger partial charge in [-0.05, 0) is 36.6 Å². The van der Waals surface area contributed by atoms with E-state index in [0.717, 1.165) is 24.3 Å². The van der Waals surface area contributed by atoms with Crippen molar-refractivity contribution in [2.75, 3.05) is 24.7 Å². The maximum Gasteiger partial charge on any atom is 0.180 e. The lowest BCUT2D eigenvalue weighted by Gasteiger charge is -2.38. The second-order valence-electron chi connectivity index (χ2n) is 3.74. The van der Waals surface area contributed by atoms with Gasteiger partial charge in [0.25, 0.3) is 0 Å². The highest BCUT2D eigenvalue weighted by molar-refractivity contribution is 7.99. The summed E-state index contributed by atoms with van der Waals surface area (Å²) in [6.45, 7) is 0.712.